The molecule has 2 rings (SSSR count). The summed E-state index contributed by atoms with van der Waals surface area (Å²) < 4.78 is 1.88. The summed E-state index contributed by atoms with van der Waals surface area (Å²) in [5.74, 6) is 0.750. The lowest BCUT2D eigenvalue weighted by Crippen LogP contribution is -2.53. The maximum Gasteiger partial charge on any atom is 0.0534 e. The Kier molecular flexibility index (Phi) is 4.18. The number of nitrogens with one attached hydrogen (secondary N) is 1. The second-order valence-corrected chi connectivity index (χ2v) is 5.15. The Bertz CT molecular complexity index is 347. The Morgan fingerprint density at radius 2 is 2.41 bits per heavy atom. The molecule has 2 unspecified atom stereocenters. The molecule has 0 spiro atoms. The molecule has 0 aromatic carbocycles. The molecule has 1 N–H and O–H groups in total. The summed E-state index contributed by atoms with van der Waals surface area (Å²) in [6.45, 7) is 9.03. The first-order valence-corrected chi connectivity index (χ1v) is 6.63. The highest BCUT2D eigenvalue weighted by molar-refractivity contribution is 5.04. The molecule has 1 aliphatic heterocycles. The zero-order valence-electron chi connectivity index (χ0n) is 11.2. The molecule has 96 valence electrons. The Balaban J connectivity index is 2.01. The molecular formula is C13H24N4. The first kappa shape index (κ1) is 12.6. The van der Waals surface area contributed by atoms with E-state index in [-0.39, 0.29) is 0 Å². The van der Waals surface area contributed by atoms with Gasteiger partial charge in [-0.25, -0.2) is 0 Å². The van der Waals surface area contributed by atoms with Gasteiger partial charge in [-0.1, -0.05) is 20.3 Å². The molecule has 17 heavy (non-hydrogen) atoms. The summed E-state index contributed by atoms with van der Waals surface area (Å²) in [7, 11) is 1.98. The zero-order valence-corrected chi connectivity index (χ0v) is 11.2. The highest BCUT2D eigenvalue weighted by Gasteiger charge is 2.26. The third-order valence-corrected chi connectivity index (χ3v) is 3.84. The third-order valence-electron chi connectivity index (χ3n) is 3.84. The predicted octanol–water partition coefficient (Wildman–Crippen LogP) is 1.24. The van der Waals surface area contributed by atoms with E-state index in [0.29, 0.717) is 6.04 Å². The number of nitrogens with zero attached hydrogens (tertiary/aromatic N) is 3. The molecule has 1 saturated heterocycles. The molecule has 1 aromatic rings. The monoisotopic (exact) mass is 236 g/mol. The van der Waals surface area contributed by atoms with Gasteiger partial charge >= 0.3 is 0 Å². The summed E-state index contributed by atoms with van der Waals surface area (Å²) in [6, 6.07) is 0.661. The quantitative estimate of drug-likeness (QED) is 0.854. The van der Waals surface area contributed by atoms with Crippen molar-refractivity contribution in [3.8, 4) is 0 Å². The van der Waals surface area contributed by atoms with E-state index in [2.05, 4.69) is 35.4 Å². The van der Waals surface area contributed by atoms with E-state index in [1.165, 1.54) is 12.0 Å². The zero-order chi connectivity index (χ0) is 12.3. The van der Waals surface area contributed by atoms with E-state index in [1.54, 1.807) is 0 Å². The third kappa shape index (κ3) is 3.07. The van der Waals surface area contributed by atoms with Crippen LogP contribution in [0.2, 0.25) is 0 Å². The van der Waals surface area contributed by atoms with E-state index < -0.39 is 0 Å². The smallest absolute Gasteiger partial charge is 0.0534 e. The maximum atomic E-state index is 4.25. The first-order valence-electron chi connectivity index (χ1n) is 6.63. The molecule has 4 heteroatoms. The van der Waals surface area contributed by atoms with Gasteiger partial charge in [-0.15, -0.1) is 0 Å². The lowest BCUT2D eigenvalue weighted by Gasteiger charge is -2.39. The fraction of sp³-hybridized carbons (Fsp3) is 0.769. The normalized spacial score (nSPS) is 23.8. The maximum absolute atomic E-state index is 4.25. The highest BCUT2D eigenvalue weighted by atomic mass is 15.3. The predicted molar refractivity (Wildman–Crippen MR) is 69.7 cm³/mol. The first-order chi connectivity index (χ1) is 8.20. The van der Waals surface area contributed by atoms with Gasteiger partial charge in [0.25, 0.3) is 0 Å². The number of piperazine rings is 1. The largest absolute Gasteiger partial charge is 0.314 e. The van der Waals surface area contributed by atoms with E-state index in [1.807, 2.05) is 17.9 Å². The Labute approximate surface area is 104 Å². The number of hydrogen-bond acceptors (Lipinski definition) is 3. The average molecular weight is 236 g/mol. The fourth-order valence-corrected chi connectivity index (χ4v) is 2.59. The highest BCUT2D eigenvalue weighted by Crippen LogP contribution is 2.18. The second-order valence-electron chi connectivity index (χ2n) is 5.15. The van der Waals surface area contributed by atoms with E-state index in [9.17, 15) is 0 Å². The van der Waals surface area contributed by atoms with Crippen LogP contribution >= 0.6 is 0 Å². The fourth-order valence-electron chi connectivity index (χ4n) is 2.59. The van der Waals surface area contributed by atoms with Crippen LogP contribution in [0, 0.1) is 5.92 Å². The number of aryl methyl sites for hydroxylation is 1. The summed E-state index contributed by atoms with van der Waals surface area (Å²) in [6.07, 6.45) is 5.35. The average Bonchev–Trinajstić information content (AvgIpc) is 2.74. The van der Waals surface area contributed by atoms with Crippen molar-refractivity contribution in [2.75, 3.05) is 19.6 Å². The van der Waals surface area contributed by atoms with Crippen molar-refractivity contribution in [3.63, 3.8) is 0 Å². The molecule has 1 fully saturated rings. The summed E-state index contributed by atoms with van der Waals surface area (Å²) in [5, 5.41) is 7.76. The van der Waals surface area contributed by atoms with Crippen molar-refractivity contribution >= 4 is 0 Å². The van der Waals surface area contributed by atoms with Gasteiger partial charge in [0.1, 0.15) is 0 Å². The molecule has 0 aliphatic carbocycles. The molecule has 1 aromatic heterocycles. The summed E-state index contributed by atoms with van der Waals surface area (Å²) in [4.78, 5) is 2.60. The molecule has 2 heterocycles. The van der Waals surface area contributed by atoms with Gasteiger partial charge < -0.3 is 5.32 Å². The minimum Gasteiger partial charge on any atom is -0.314 e. The van der Waals surface area contributed by atoms with Crippen LogP contribution in [-0.4, -0.2) is 40.4 Å². The molecule has 0 saturated carbocycles. The van der Waals surface area contributed by atoms with Gasteiger partial charge in [-0.05, 0) is 5.92 Å². The van der Waals surface area contributed by atoms with Crippen LogP contribution in [0.4, 0.5) is 0 Å². The minimum absolute atomic E-state index is 0.661. The molecule has 1 aliphatic rings. The van der Waals surface area contributed by atoms with Crippen molar-refractivity contribution in [2.24, 2.45) is 13.0 Å². The van der Waals surface area contributed by atoms with E-state index >= 15 is 0 Å². The van der Waals surface area contributed by atoms with Crippen LogP contribution in [-0.2, 0) is 13.6 Å². The molecule has 2 atom stereocenters. The van der Waals surface area contributed by atoms with Crippen molar-refractivity contribution in [1.82, 2.24) is 20.0 Å². The topological polar surface area (TPSA) is 33.1 Å². The van der Waals surface area contributed by atoms with Gasteiger partial charge in [-0.3, -0.25) is 9.58 Å². The number of aromatic nitrogens is 2. The number of hydrogen-bond donors (Lipinski definition) is 1. The van der Waals surface area contributed by atoms with Gasteiger partial charge in [0.2, 0.25) is 0 Å². The van der Waals surface area contributed by atoms with Crippen LogP contribution in [0.3, 0.4) is 0 Å². The van der Waals surface area contributed by atoms with Crippen molar-refractivity contribution in [1.29, 1.82) is 0 Å². The van der Waals surface area contributed by atoms with Gasteiger partial charge in [-0.2, -0.15) is 5.10 Å². The summed E-state index contributed by atoms with van der Waals surface area (Å²) in [5.41, 5.74) is 1.32. The van der Waals surface area contributed by atoms with E-state index in [4.69, 9.17) is 0 Å². The molecule has 0 bridgehead atoms. The Hall–Kier alpha value is -0.870. The Morgan fingerprint density at radius 3 is 3.06 bits per heavy atom. The van der Waals surface area contributed by atoms with Crippen LogP contribution < -0.4 is 5.32 Å². The van der Waals surface area contributed by atoms with E-state index in [0.717, 1.165) is 32.1 Å². The van der Waals surface area contributed by atoms with Gasteiger partial charge in [0.05, 0.1) is 6.20 Å². The van der Waals surface area contributed by atoms with Gasteiger partial charge in [0.15, 0.2) is 0 Å². The van der Waals surface area contributed by atoms with Crippen LogP contribution in [0.1, 0.15) is 25.8 Å². The van der Waals surface area contributed by atoms with Crippen LogP contribution in [0.25, 0.3) is 0 Å². The Morgan fingerprint density at radius 1 is 1.59 bits per heavy atom. The molecule has 0 radical (unpaired) electrons. The molecule has 4 nitrogen and oxygen atoms in total. The molecule has 0 amide bonds. The van der Waals surface area contributed by atoms with Crippen molar-refractivity contribution < 1.29 is 0 Å². The van der Waals surface area contributed by atoms with Crippen LogP contribution in [0.15, 0.2) is 12.4 Å². The lowest BCUT2D eigenvalue weighted by atomic mass is 9.95. The van der Waals surface area contributed by atoms with Crippen LogP contribution in [0.5, 0.6) is 0 Å². The molecular weight excluding hydrogens is 212 g/mol. The van der Waals surface area contributed by atoms with Crippen molar-refractivity contribution in [3.05, 3.63) is 18.0 Å². The van der Waals surface area contributed by atoms with Crippen molar-refractivity contribution in [2.45, 2.75) is 32.9 Å². The second kappa shape index (κ2) is 5.65. The summed E-state index contributed by atoms with van der Waals surface area (Å²) >= 11 is 0. The minimum atomic E-state index is 0.661. The lowest BCUT2D eigenvalue weighted by molar-refractivity contribution is 0.109. The van der Waals surface area contributed by atoms with Gasteiger partial charge in [0, 0.05) is 51.0 Å². The SMILES string of the molecule is CCC(C)C1CNCCN1Cc1cnn(C)c1. The standard InChI is InChI=1S/C13H24N4/c1-4-11(2)13-8-14-5-6-17(13)10-12-7-15-16(3)9-12/h7,9,11,13-14H,4-6,8,10H2,1-3H3. The number of rotatable bonds is 4.